The maximum absolute atomic E-state index is 12.3. The lowest BCUT2D eigenvalue weighted by molar-refractivity contribution is -0.385. The Balaban J connectivity index is 1.31. The number of hydrogen-bond donors (Lipinski definition) is 1. The van der Waals surface area contributed by atoms with Crippen LogP contribution in [-0.4, -0.2) is 33.2 Å². The fourth-order valence-electron chi connectivity index (χ4n) is 3.80. The Bertz CT molecular complexity index is 1130. The molecular weight excluding hydrogens is 428 g/mol. The van der Waals surface area contributed by atoms with Crippen LogP contribution in [0.1, 0.15) is 24.1 Å². The Kier molecular flexibility index (Phi) is 6.75. The van der Waals surface area contributed by atoms with Gasteiger partial charge in [0, 0.05) is 41.5 Å². The largest absolute Gasteiger partial charge is 0.490 e. The van der Waals surface area contributed by atoms with Crippen LogP contribution in [0, 0.1) is 10.1 Å². The smallest absolute Gasteiger partial charge is 0.311 e. The number of amides is 1. The average molecular weight is 453 g/mol. The van der Waals surface area contributed by atoms with Crippen LogP contribution >= 0.6 is 11.8 Å². The predicted molar refractivity (Wildman–Crippen MR) is 125 cm³/mol. The molecule has 1 aromatic heterocycles. The van der Waals surface area contributed by atoms with E-state index in [1.807, 2.05) is 30.5 Å². The zero-order valence-electron chi connectivity index (χ0n) is 17.7. The standard InChI is InChI=1S/C23H24N4O4S/c1-31-21-10-5-16(12-20(21)27(29)30)14-32-15-22(28)25-18-8-6-17(7-9-18)23-24-13-19-4-2-3-11-26(19)23/h5-10,12-13H,2-4,11,14-15H2,1H3,(H,25,28). The number of benzene rings is 2. The summed E-state index contributed by atoms with van der Waals surface area (Å²) >= 11 is 1.40. The highest BCUT2D eigenvalue weighted by atomic mass is 32.2. The molecule has 1 aliphatic heterocycles. The molecule has 1 N–H and O–H groups in total. The highest BCUT2D eigenvalue weighted by molar-refractivity contribution is 7.99. The van der Waals surface area contributed by atoms with Crippen molar-refractivity contribution < 1.29 is 14.5 Å². The summed E-state index contributed by atoms with van der Waals surface area (Å²) in [6.45, 7) is 0.998. The van der Waals surface area contributed by atoms with E-state index in [4.69, 9.17) is 4.74 Å². The minimum Gasteiger partial charge on any atom is -0.490 e. The van der Waals surface area contributed by atoms with Gasteiger partial charge in [-0.05, 0) is 55.2 Å². The maximum atomic E-state index is 12.3. The van der Waals surface area contributed by atoms with Crippen molar-refractivity contribution in [1.29, 1.82) is 0 Å². The first-order valence-corrected chi connectivity index (χ1v) is 11.5. The van der Waals surface area contributed by atoms with Gasteiger partial charge in [0.1, 0.15) is 5.82 Å². The van der Waals surface area contributed by atoms with E-state index in [9.17, 15) is 14.9 Å². The molecule has 2 heterocycles. The lowest BCUT2D eigenvalue weighted by Crippen LogP contribution is -2.14. The molecule has 8 nitrogen and oxygen atoms in total. The van der Waals surface area contributed by atoms with Gasteiger partial charge < -0.3 is 14.6 Å². The van der Waals surface area contributed by atoms with Crippen LogP contribution in [-0.2, 0) is 23.5 Å². The molecule has 32 heavy (non-hydrogen) atoms. The summed E-state index contributed by atoms with van der Waals surface area (Å²) < 4.78 is 7.29. The first-order chi connectivity index (χ1) is 15.5. The van der Waals surface area contributed by atoms with Crippen molar-refractivity contribution in [2.75, 3.05) is 18.2 Å². The van der Waals surface area contributed by atoms with Crippen molar-refractivity contribution in [3.05, 3.63) is 70.0 Å². The second kappa shape index (κ2) is 9.86. The molecule has 0 unspecified atom stereocenters. The number of thioether (sulfide) groups is 1. The highest BCUT2D eigenvalue weighted by Crippen LogP contribution is 2.29. The number of aryl methyl sites for hydroxylation is 1. The number of anilines is 1. The summed E-state index contributed by atoms with van der Waals surface area (Å²) in [6, 6.07) is 12.5. The van der Waals surface area contributed by atoms with Gasteiger partial charge in [-0.3, -0.25) is 14.9 Å². The van der Waals surface area contributed by atoms with E-state index in [2.05, 4.69) is 14.9 Å². The fraction of sp³-hybridized carbons (Fsp3) is 0.304. The summed E-state index contributed by atoms with van der Waals surface area (Å²) in [5.41, 5.74) is 3.73. The summed E-state index contributed by atoms with van der Waals surface area (Å²) in [6.07, 6.45) is 5.41. The van der Waals surface area contributed by atoms with E-state index in [1.54, 1.807) is 12.1 Å². The van der Waals surface area contributed by atoms with Crippen molar-refractivity contribution in [2.24, 2.45) is 0 Å². The van der Waals surface area contributed by atoms with E-state index < -0.39 is 4.92 Å². The summed E-state index contributed by atoms with van der Waals surface area (Å²) in [4.78, 5) is 27.6. The molecule has 0 atom stereocenters. The normalized spacial score (nSPS) is 12.8. The summed E-state index contributed by atoms with van der Waals surface area (Å²) in [5, 5.41) is 14.0. The molecule has 0 aliphatic carbocycles. The number of nitro groups is 1. The predicted octanol–water partition coefficient (Wildman–Crippen LogP) is 4.68. The van der Waals surface area contributed by atoms with Gasteiger partial charge in [0.15, 0.2) is 5.75 Å². The zero-order valence-corrected chi connectivity index (χ0v) is 18.6. The third-order valence-electron chi connectivity index (χ3n) is 5.37. The van der Waals surface area contributed by atoms with Crippen molar-refractivity contribution in [1.82, 2.24) is 9.55 Å². The van der Waals surface area contributed by atoms with Crippen LogP contribution in [0.4, 0.5) is 11.4 Å². The van der Waals surface area contributed by atoms with Gasteiger partial charge in [-0.2, -0.15) is 0 Å². The molecule has 4 rings (SSSR count). The van der Waals surface area contributed by atoms with Gasteiger partial charge in [-0.25, -0.2) is 4.98 Å². The molecule has 0 radical (unpaired) electrons. The van der Waals surface area contributed by atoms with Gasteiger partial charge in [0.05, 0.1) is 17.8 Å². The quantitative estimate of drug-likeness (QED) is 0.394. The molecule has 1 aliphatic rings. The van der Waals surface area contributed by atoms with Crippen molar-refractivity contribution >= 4 is 29.0 Å². The minimum atomic E-state index is -0.470. The lowest BCUT2D eigenvalue weighted by Gasteiger charge is -2.16. The monoisotopic (exact) mass is 452 g/mol. The number of nitrogens with one attached hydrogen (secondary N) is 1. The SMILES string of the molecule is COc1ccc(CSCC(=O)Nc2ccc(-c3ncc4n3CCCC4)cc2)cc1[N+](=O)[O-]. The third-order valence-corrected chi connectivity index (χ3v) is 6.38. The van der Waals surface area contributed by atoms with E-state index in [0.29, 0.717) is 5.75 Å². The van der Waals surface area contributed by atoms with Gasteiger partial charge in [-0.15, -0.1) is 11.8 Å². The van der Waals surface area contributed by atoms with Crippen molar-refractivity contribution in [3.8, 4) is 17.1 Å². The Morgan fingerprint density at radius 1 is 1.25 bits per heavy atom. The Morgan fingerprint density at radius 3 is 2.81 bits per heavy atom. The van der Waals surface area contributed by atoms with E-state index in [-0.39, 0.29) is 23.1 Å². The summed E-state index contributed by atoms with van der Waals surface area (Å²) in [7, 11) is 1.40. The van der Waals surface area contributed by atoms with Gasteiger partial charge >= 0.3 is 5.69 Å². The number of aromatic nitrogens is 2. The molecule has 0 bridgehead atoms. The van der Waals surface area contributed by atoms with Crippen LogP contribution in [0.5, 0.6) is 5.75 Å². The minimum absolute atomic E-state index is 0.0751. The number of carbonyl (C=O) groups is 1. The van der Waals surface area contributed by atoms with Crippen LogP contribution in [0.15, 0.2) is 48.7 Å². The van der Waals surface area contributed by atoms with Gasteiger partial charge in [0.2, 0.25) is 5.91 Å². The Morgan fingerprint density at radius 2 is 2.06 bits per heavy atom. The Hall–Kier alpha value is -3.33. The number of carbonyl (C=O) groups excluding carboxylic acids is 1. The number of hydrogen-bond acceptors (Lipinski definition) is 6. The van der Waals surface area contributed by atoms with E-state index in [1.165, 1.54) is 43.5 Å². The number of fused-ring (bicyclic) bond motifs is 1. The molecule has 0 saturated carbocycles. The maximum Gasteiger partial charge on any atom is 0.311 e. The molecule has 0 spiro atoms. The first kappa shape index (κ1) is 21.9. The Labute approximate surface area is 190 Å². The molecule has 2 aromatic carbocycles. The molecule has 9 heteroatoms. The number of nitrogens with zero attached hydrogens (tertiary/aromatic N) is 3. The third kappa shape index (κ3) is 4.94. The number of rotatable bonds is 8. The van der Waals surface area contributed by atoms with Gasteiger partial charge in [0.25, 0.3) is 0 Å². The second-order valence-electron chi connectivity index (χ2n) is 7.56. The topological polar surface area (TPSA) is 99.3 Å². The molecule has 3 aromatic rings. The zero-order chi connectivity index (χ0) is 22.5. The van der Waals surface area contributed by atoms with E-state index >= 15 is 0 Å². The van der Waals surface area contributed by atoms with E-state index in [0.717, 1.165) is 35.6 Å². The molecule has 1 amide bonds. The molecule has 0 fully saturated rings. The molecular formula is C23H24N4O4S. The number of imidazole rings is 1. The number of ether oxygens (including phenoxy) is 1. The van der Waals surface area contributed by atoms with Crippen LogP contribution in [0.3, 0.4) is 0 Å². The molecule has 166 valence electrons. The fourth-order valence-corrected chi connectivity index (χ4v) is 4.57. The lowest BCUT2D eigenvalue weighted by atomic mass is 10.1. The van der Waals surface area contributed by atoms with Gasteiger partial charge in [-0.1, -0.05) is 6.07 Å². The second-order valence-corrected chi connectivity index (χ2v) is 8.55. The van der Waals surface area contributed by atoms with Crippen LogP contribution in [0.2, 0.25) is 0 Å². The number of methoxy groups -OCH3 is 1. The van der Waals surface area contributed by atoms with Crippen LogP contribution in [0.25, 0.3) is 11.4 Å². The first-order valence-electron chi connectivity index (χ1n) is 10.4. The summed E-state index contributed by atoms with van der Waals surface area (Å²) in [5.74, 6) is 1.81. The number of nitro benzene ring substituents is 1. The van der Waals surface area contributed by atoms with Crippen molar-refractivity contribution in [3.63, 3.8) is 0 Å². The average Bonchev–Trinajstić information content (AvgIpc) is 3.23. The highest BCUT2D eigenvalue weighted by Gasteiger charge is 2.16. The molecule has 0 saturated heterocycles. The van der Waals surface area contributed by atoms with Crippen molar-refractivity contribution in [2.45, 2.75) is 31.6 Å². The van der Waals surface area contributed by atoms with Crippen LogP contribution < -0.4 is 10.1 Å².